The monoisotopic (exact) mass is 212 g/mol. The highest BCUT2D eigenvalue weighted by Gasteiger charge is 2.18. The number of hydrogen-bond donors (Lipinski definition) is 1. The van der Waals surface area contributed by atoms with Crippen molar-refractivity contribution in [2.45, 2.75) is 0 Å². The van der Waals surface area contributed by atoms with Crippen LogP contribution >= 0.6 is 0 Å². The molecule has 1 aromatic carbocycles. The van der Waals surface area contributed by atoms with E-state index in [-0.39, 0.29) is 0 Å². The standard InChI is InChI=1S/C12H12N4/c13-10-3-1-9(2-4-10)11-5-6-12-14-7-8-16(12)15-11/h1-6H,7-8,13H2. The van der Waals surface area contributed by atoms with Crippen LogP contribution in [0, 0.1) is 0 Å². The number of fused-ring (bicyclic) bond motifs is 1. The summed E-state index contributed by atoms with van der Waals surface area (Å²) in [5, 5.41) is 6.47. The van der Waals surface area contributed by atoms with E-state index in [0.717, 1.165) is 35.9 Å². The van der Waals surface area contributed by atoms with Crippen LogP contribution in [-0.2, 0) is 0 Å². The molecule has 16 heavy (non-hydrogen) atoms. The fraction of sp³-hybridized carbons (Fsp3) is 0.167. The first-order valence-corrected chi connectivity index (χ1v) is 5.27. The molecule has 0 atom stereocenters. The Balaban J connectivity index is 1.94. The van der Waals surface area contributed by atoms with Gasteiger partial charge in [-0.25, -0.2) is 5.01 Å². The Kier molecular flexibility index (Phi) is 1.99. The van der Waals surface area contributed by atoms with Crippen LogP contribution < -0.4 is 5.73 Å². The summed E-state index contributed by atoms with van der Waals surface area (Å²) in [7, 11) is 0. The third kappa shape index (κ3) is 1.48. The summed E-state index contributed by atoms with van der Waals surface area (Å²) in [6.07, 6.45) is 4.00. The van der Waals surface area contributed by atoms with Crippen molar-refractivity contribution >= 4 is 17.2 Å². The highest BCUT2D eigenvalue weighted by Crippen LogP contribution is 2.14. The smallest absolute Gasteiger partial charge is 0.144 e. The molecule has 2 N–H and O–H groups in total. The number of amidine groups is 1. The van der Waals surface area contributed by atoms with Gasteiger partial charge in [-0.3, -0.25) is 4.99 Å². The third-order valence-corrected chi connectivity index (χ3v) is 2.68. The summed E-state index contributed by atoms with van der Waals surface area (Å²) in [6, 6.07) is 7.74. The summed E-state index contributed by atoms with van der Waals surface area (Å²) >= 11 is 0. The Morgan fingerprint density at radius 3 is 2.75 bits per heavy atom. The Morgan fingerprint density at radius 2 is 1.94 bits per heavy atom. The first-order chi connectivity index (χ1) is 7.83. The molecule has 0 aliphatic carbocycles. The van der Waals surface area contributed by atoms with Crippen LogP contribution in [0.4, 0.5) is 5.69 Å². The zero-order valence-corrected chi connectivity index (χ0v) is 8.80. The number of nitrogens with two attached hydrogens (primary N) is 1. The summed E-state index contributed by atoms with van der Waals surface area (Å²) in [5.74, 6) is 0.958. The summed E-state index contributed by atoms with van der Waals surface area (Å²) < 4.78 is 0. The average Bonchev–Trinajstić information content (AvgIpc) is 2.77. The van der Waals surface area contributed by atoms with Crippen molar-refractivity contribution < 1.29 is 0 Å². The van der Waals surface area contributed by atoms with E-state index in [4.69, 9.17) is 5.73 Å². The van der Waals surface area contributed by atoms with E-state index in [2.05, 4.69) is 10.1 Å². The number of nitrogens with zero attached hydrogens (tertiary/aromatic N) is 3. The van der Waals surface area contributed by atoms with Gasteiger partial charge in [-0.1, -0.05) is 12.1 Å². The molecular formula is C12H12N4. The maximum Gasteiger partial charge on any atom is 0.144 e. The normalized spacial score (nSPS) is 18.1. The van der Waals surface area contributed by atoms with Gasteiger partial charge in [0.1, 0.15) is 5.84 Å². The topological polar surface area (TPSA) is 54.0 Å². The van der Waals surface area contributed by atoms with Crippen molar-refractivity contribution in [3.63, 3.8) is 0 Å². The van der Waals surface area contributed by atoms with Crippen molar-refractivity contribution in [2.24, 2.45) is 10.1 Å². The third-order valence-electron chi connectivity index (χ3n) is 2.68. The molecule has 2 aliphatic heterocycles. The van der Waals surface area contributed by atoms with Gasteiger partial charge in [0.15, 0.2) is 0 Å². The van der Waals surface area contributed by atoms with Gasteiger partial charge in [-0.2, -0.15) is 5.10 Å². The Hall–Kier alpha value is -2.10. The van der Waals surface area contributed by atoms with Crippen molar-refractivity contribution in [3.8, 4) is 0 Å². The van der Waals surface area contributed by atoms with Crippen LogP contribution in [0.3, 0.4) is 0 Å². The van der Waals surface area contributed by atoms with Gasteiger partial charge < -0.3 is 5.73 Å². The molecule has 4 nitrogen and oxygen atoms in total. The second-order valence-electron chi connectivity index (χ2n) is 3.80. The minimum atomic E-state index is 0.771. The number of hydrazone groups is 1. The highest BCUT2D eigenvalue weighted by atomic mass is 15.5. The van der Waals surface area contributed by atoms with Crippen molar-refractivity contribution in [1.82, 2.24) is 5.01 Å². The molecular weight excluding hydrogens is 200 g/mol. The molecule has 4 heteroatoms. The summed E-state index contributed by atoms with van der Waals surface area (Å²) in [4.78, 5) is 4.33. The maximum absolute atomic E-state index is 5.65. The lowest BCUT2D eigenvalue weighted by molar-refractivity contribution is 0.490. The van der Waals surface area contributed by atoms with E-state index in [0.29, 0.717) is 0 Å². The Bertz CT molecular complexity index is 496. The van der Waals surface area contributed by atoms with Crippen LogP contribution in [0.1, 0.15) is 5.56 Å². The number of allylic oxidation sites excluding steroid dienone is 1. The molecule has 0 radical (unpaired) electrons. The molecule has 80 valence electrons. The minimum Gasteiger partial charge on any atom is -0.399 e. The van der Waals surface area contributed by atoms with Crippen molar-refractivity contribution in [2.75, 3.05) is 18.8 Å². The molecule has 3 rings (SSSR count). The first kappa shape index (κ1) is 9.15. The zero-order valence-electron chi connectivity index (χ0n) is 8.80. The minimum absolute atomic E-state index is 0.771. The molecule has 0 aromatic heterocycles. The molecule has 2 heterocycles. The quantitative estimate of drug-likeness (QED) is 0.712. The van der Waals surface area contributed by atoms with Gasteiger partial charge in [-0.05, 0) is 24.3 Å². The Labute approximate surface area is 93.8 Å². The lowest BCUT2D eigenvalue weighted by atomic mass is 10.1. The number of anilines is 1. The second kappa shape index (κ2) is 3.48. The molecule has 0 bridgehead atoms. The summed E-state index contributed by atoms with van der Waals surface area (Å²) in [6.45, 7) is 1.70. The van der Waals surface area contributed by atoms with Crippen LogP contribution in [0.2, 0.25) is 0 Å². The average molecular weight is 212 g/mol. The second-order valence-corrected chi connectivity index (χ2v) is 3.80. The number of rotatable bonds is 1. The molecule has 0 amide bonds. The molecule has 0 unspecified atom stereocenters. The van der Waals surface area contributed by atoms with Crippen LogP contribution in [-0.4, -0.2) is 29.6 Å². The van der Waals surface area contributed by atoms with E-state index < -0.39 is 0 Å². The van der Waals surface area contributed by atoms with E-state index in [1.54, 1.807) is 0 Å². The van der Waals surface area contributed by atoms with E-state index in [1.807, 2.05) is 41.4 Å². The van der Waals surface area contributed by atoms with Gasteiger partial charge in [0.05, 0.1) is 18.8 Å². The highest BCUT2D eigenvalue weighted by molar-refractivity contribution is 6.14. The van der Waals surface area contributed by atoms with E-state index in [1.165, 1.54) is 0 Å². The fourth-order valence-electron chi connectivity index (χ4n) is 1.82. The number of benzene rings is 1. The number of aliphatic imine (C=N–C) groups is 1. The predicted octanol–water partition coefficient (Wildman–Crippen LogP) is 1.26. The lowest BCUT2D eigenvalue weighted by Crippen LogP contribution is -2.25. The Morgan fingerprint density at radius 1 is 1.12 bits per heavy atom. The summed E-state index contributed by atoms with van der Waals surface area (Å²) in [5.41, 5.74) is 8.46. The molecule has 2 aliphatic rings. The van der Waals surface area contributed by atoms with Gasteiger partial charge in [0.25, 0.3) is 0 Å². The number of nitrogen functional groups attached to an aromatic ring is 1. The first-order valence-electron chi connectivity index (χ1n) is 5.27. The zero-order chi connectivity index (χ0) is 11.0. The van der Waals surface area contributed by atoms with Crippen molar-refractivity contribution in [3.05, 3.63) is 42.0 Å². The van der Waals surface area contributed by atoms with Gasteiger partial charge in [-0.15, -0.1) is 0 Å². The van der Waals surface area contributed by atoms with Gasteiger partial charge in [0.2, 0.25) is 0 Å². The van der Waals surface area contributed by atoms with Crippen LogP contribution in [0.25, 0.3) is 0 Å². The SMILES string of the molecule is Nc1ccc(C2=NN3CCN=C3C=C2)cc1. The molecule has 0 saturated carbocycles. The predicted molar refractivity (Wildman–Crippen MR) is 65.5 cm³/mol. The van der Waals surface area contributed by atoms with Crippen molar-refractivity contribution in [1.29, 1.82) is 0 Å². The maximum atomic E-state index is 5.65. The van der Waals surface area contributed by atoms with Crippen LogP contribution in [0.15, 0.2) is 46.5 Å². The van der Waals surface area contributed by atoms with Gasteiger partial charge in [0, 0.05) is 11.3 Å². The lowest BCUT2D eigenvalue weighted by Gasteiger charge is -2.17. The molecule has 0 fully saturated rings. The van der Waals surface area contributed by atoms with E-state index in [9.17, 15) is 0 Å². The fourth-order valence-corrected chi connectivity index (χ4v) is 1.82. The molecule has 0 spiro atoms. The molecule has 1 aromatic rings. The largest absolute Gasteiger partial charge is 0.399 e. The van der Waals surface area contributed by atoms with Crippen LogP contribution in [0.5, 0.6) is 0 Å². The number of hydrogen-bond acceptors (Lipinski definition) is 4. The van der Waals surface area contributed by atoms with Gasteiger partial charge >= 0.3 is 0 Å². The van der Waals surface area contributed by atoms with E-state index >= 15 is 0 Å². The molecule has 0 saturated heterocycles.